The number of aliphatic hydroxyl groups excluding tert-OH is 1. The van der Waals surface area contributed by atoms with Crippen LogP contribution in [0.4, 0.5) is 0 Å². The minimum absolute atomic E-state index is 0.155. The molecule has 0 bridgehead atoms. The first-order valence-corrected chi connectivity index (χ1v) is 11.3. The number of carbonyl (C=O) groups excluding carboxylic acids is 1. The second-order valence-electron chi connectivity index (χ2n) is 8.38. The molecule has 2 saturated heterocycles. The molecule has 3 heterocycles. The fourth-order valence-corrected chi connectivity index (χ4v) is 5.41. The van der Waals surface area contributed by atoms with Crippen molar-refractivity contribution in [2.75, 3.05) is 39.3 Å². The molecule has 1 aromatic heterocycles. The number of piperazine rings is 1. The lowest BCUT2D eigenvalue weighted by atomic mass is 9.97. The van der Waals surface area contributed by atoms with Crippen LogP contribution in [0.3, 0.4) is 0 Å². The van der Waals surface area contributed by atoms with Crippen molar-refractivity contribution in [3.8, 4) is 0 Å². The largest absolute Gasteiger partial charge is 0.396 e. The van der Waals surface area contributed by atoms with E-state index in [0.717, 1.165) is 37.5 Å². The monoisotopic (exact) mass is 393 g/mol. The third-order valence-electron chi connectivity index (χ3n) is 6.18. The maximum atomic E-state index is 11.5. The van der Waals surface area contributed by atoms with E-state index in [1.807, 2.05) is 6.07 Å². The van der Waals surface area contributed by atoms with E-state index < -0.39 is 0 Å². The van der Waals surface area contributed by atoms with Crippen LogP contribution in [-0.4, -0.2) is 83.0 Å². The third-order valence-corrected chi connectivity index (χ3v) is 7.26. The maximum absolute atomic E-state index is 11.5. The van der Waals surface area contributed by atoms with E-state index in [9.17, 15) is 9.90 Å². The van der Waals surface area contributed by atoms with Gasteiger partial charge >= 0.3 is 0 Å². The van der Waals surface area contributed by atoms with Gasteiger partial charge in [0.05, 0.1) is 4.88 Å². The number of aliphatic hydroxyl groups is 1. The van der Waals surface area contributed by atoms with Gasteiger partial charge in [0.2, 0.25) is 0 Å². The molecule has 0 aromatic carbocycles. The highest BCUT2D eigenvalue weighted by molar-refractivity contribution is 7.12. The quantitative estimate of drug-likeness (QED) is 0.722. The number of ketones is 1. The van der Waals surface area contributed by atoms with Crippen LogP contribution in [0.15, 0.2) is 11.4 Å². The highest BCUT2D eigenvalue weighted by Crippen LogP contribution is 2.25. The van der Waals surface area contributed by atoms with Crippen molar-refractivity contribution in [1.82, 2.24) is 14.7 Å². The Morgan fingerprint density at radius 2 is 2.00 bits per heavy atom. The first-order chi connectivity index (χ1) is 13.0. The number of hydrogen-bond acceptors (Lipinski definition) is 6. The molecule has 1 atom stereocenters. The summed E-state index contributed by atoms with van der Waals surface area (Å²) in [6.07, 6.45) is 3.34. The second kappa shape index (κ2) is 9.61. The van der Waals surface area contributed by atoms with Crippen LogP contribution in [0.2, 0.25) is 0 Å². The van der Waals surface area contributed by atoms with Crippen molar-refractivity contribution in [1.29, 1.82) is 0 Å². The highest BCUT2D eigenvalue weighted by atomic mass is 32.1. The minimum atomic E-state index is 0.155. The Morgan fingerprint density at radius 1 is 1.26 bits per heavy atom. The van der Waals surface area contributed by atoms with Crippen molar-refractivity contribution in [3.05, 3.63) is 21.9 Å². The molecule has 2 fully saturated rings. The SMILES string of the molecule is CC(=O)c1cc(CN2CCN(C3CCN(C(C)C)CC3)[C@H](CCO)C2)cs1. The predicted molar refractivity (Wildman–Crippen MR) is 112 cm³/mol. The normalized spacial score (nSPS) is 24.0. The number of Topliss-reactive ketones (excluding diaryl/α,β-unsaturated/α-hetero) is 1. The van der Waals surface area contributed by atoms with Gasteiger partial charge in [-0.1, -0.05) is 0 Å². The van der Waals surface area contributed by atoms with Crippen LogP contribution < -0.4 is 0 Å². The summed E-state index contributed by atoms with van der Waals surface area (Å²) in [4.78, 5) is 20.1. The molecule has 2 aliphatic rings. The summed E-state index contributed by atoms with van der Waals surface area (Å²) in [6, 6.07) is 3.78. The molecule has 3 rings (SSSR count). The smallest absolute Gasteiger partial charge is 0.169 e. The lowest BCUT2D eigenvalue weighted by molar-refractivity contribution is -0.00000327. The van der Waals surface area contributed by atoms with E-state index in [-0.39, 0.29) is 12.4 Å². The van der Waals surface area contributed by atoms with Crippen LogP contribution in [0.5, 0.6) is 0 Å². The van der Waals surface area contributed by atoms with Gasteiger partial charge in [0, 0.05) is 50.9 Å². The van der Waals surface area contributed by atoms with Crippen LogP contribution in [0, 0.1) is 0 Å². The molecule has 1 aromatic rings. The Hall–Kier alpha value is -0.790. The van der Waals surface area contributed by atoms with Crippen molar-refractivity contribution in [3.63, 3.8) is 0 Å². The number of thiophene rings is 1. The zero-order valence-electron chi connectivity index (χ0n) is 17.1. The van der Waals surface area contributed by atoms with Gasteiger partial charge in [-0.2, -0.15) is 0 Å². The van der Waals surface area contributed by atoms with E-state index in [1.54, 1.807) is 18.3 Å². The molecule has 1 N–H and O–H groups in total. The van der Waals surface area contributed by atoms with Gasteiger partial charge in [0.25, 0.3) is 0 Å². The zero-order chi connectivity index (χ0) is 19.4. The molecule has 0 aliphatic carbocycles. The van der Waals surface area contributed by atoms with E-state index in [0.29, 0.717) is 18.1 Å². The molecule has 6 heteroatoms. The fourth-order valence-electron chi connectivity index (χ4n) is 4.60. The number of carbonyl (C=O) groups is 1. The summed E-state index contributed by atoms with van der Waals surface area (Å²) >= 11 is 1.55. The number of hydrogen-bond donors (Lipinski definition) is 1. The molecular formula is C21H35N3O2S. The Labute approximate surface area is 167 Å². The van der Waals surface area contributed by atoms with E-state index in [1.165, 1.54) is 31.5 Å². The van der Waals surface area contributed by atoms with Crippen molar-refractivity contribution >= 4 is 17.1 Å². The predicted octanol–water partition coefficient (Wildman–Crippen LogP) is 2.69. The third kappa shape index (κ3) is 5.39. The fraction of sp³-hybridized carbons (Fsp3) is 0.762. The lowest BCUT2D eigenvalue weighted by Crippen LogP contribution is -2.58. The standard InChI is InChI=1S/C21H35N3O2S/c1-16(2)23-7-4-19(5-8-23)24-10-9-22(14-20(24)6-11-25)13-18-12-21(17(3)26)27-15-18/h12,15-16,19-20,25H,4-11,13-14H2,1-3H3/t20-/m1/s1. The first-order valence-electron chi connectivity index (χ1n) is 10.4. The molecule has 0 saturated carbocycles. The Balaban J connectivity index is 1.57. The van der Waals surface area contributed by atoms with Crippen LogP contribution >= 0.6 is 11.3 Å². The molecule has 5 nitrogen and oxygen atoms in total. The lowest BCUT2D eigenvalue weighted by Gasteiger charge is -2.48. The van der Waals surface area contributed by atoms with Gasteiger partial charge in [-0.3, -0.25) is 14.6 Å². The van der Waals surface area contributed by atoms with Gasteiger partial charge < -0.3 is 10.0 Å². The first kappa shape index (κ1) is 20.9. The molecule has 0 spiro atoms. The van der Waals surface area contributed by atoms with Crippen molar-refractivity contribution < 1.29 is 9.90 Å². The maximum Gasteiger partial charge on any atom is 0.169 e. The number of likely N-dealkylation sites (tertiary alicyclic amines) is 1. The Morgan fingerprint density at radius 3 is 2.59 bits per heavy atom. The summed E-state index contributed by atoms with van der Waals surface area (Å²) in [7, 11) is 0. The molecule has 0 radical (unpaired) electrons. The van der Waals surface area contributed by atoms with E-state index in [4.69, 9.17) is 0 Å². The second-order valence-corrected chi connectivity index (χ2v) is 9.29. The van der Waals surface area contributed by atoms with Crippen LogP contribution in [-0.2, 0) is 6.54 Å². The number of nitrogens with zero attached hydrogens (tertiary/aromatic N) is 3. The minimum Gasteiger partial charge on any atom is -0.396 e. The molecular weight excluding hydrogens is 358 g/mol. The van der Waals surface area contributed by atoms with Gasteiger partial charge in [-0.05, 0) is 70.1 Å². The molecule has 27 heavy (non-hydrogen) atoms. The van der Waals surface area contributed by atoms with Crippen molar-refractivity contribution in [2.24, 2.45) is 0 Å². The molecule has 0 amide bonds. The number of piperidine rings is 1. The Bertz CT molecular complexity index is 610. The van der Waals surface area contributed by atoms with Crippen molar-refractivity contribution in [2.45, 2.75) is 64.7 Å². The van der Waals surface area contributed by atoms with E-state index in [2.05, 4.69) is 33.9 Å². The molecule has 2 aliphatic heterocycles. The molecule has 152 valence electrons. The number of rotatable bonds is 7. The zero-order valence-corrected chi connectivity index (χ0v) is 17.9. The highest BCUT2D eigenvalue weighted by Gasteiger charge is 2.33. The summed E-state index contributed by atoms with van der Waals surface area (Å²) in [5, 5.41) is 11.7. The average molecular weight is 394 g/mol. The van der Waals surface area contributed by atoms with E-state index >= 15 is 0 Å². The summed E-state index contributed by atoms with van der Waals surface area (Å²) in [5.74, 6) is 0.155. The molecule has 0 unspecified atom stereocenters. The summed E-state index contributed by atoms with van der Waals surface area (Å²) < 4.78 is 0. The van der Waals surface area contributed by atoms with Crippen LogP contribution in [0.1, 0.15) is 55.3 Å². The van der Waals surface area contributed by atoms with Gasteiger partial charge in [0.1, 0.15) is 0 Å². The summed E-state index contributed by atoms with van der Waals surface area (Å²) in [5.41, 5.74) is 1.24. The topological polar surface area (TPSA) is 47.0 Å². The van der Waals surface area contributed by atoms with Gasteiger partial charge in [0.15, 0.2) is 5.78 Å². The average Bonchev–Trinajstić information content (AvgIpc) is 3.11. The van der Waals surface area contributed by atoms with Crippen LogP contribution in [0.25, 0.3) is 0 Å². The Kier molecular flexibility index (Phi) is 7.45. The summed E-state index contributed by atoms with van der Waals surface area (Å²) in [6.45, 7) is 12.9. The van der Waals surface area contributed by atoms with Gasteiger partial charge in [-0.15, -0.1) is 11.3 Å². The van der Waals surface area contributed by atoms with Gasteiger partial charge in [-0.25, -0.2) is 0 Å².